The number of rotatable bonds is 5. The van der Waals surface area contributed by atoms with E-state index in [1.165, 1.54) is 32.4 Å². The molecule has 2 N–H and O–H groups in total. The van der Waals surface area contributed by atoms with Gasteiger partial charge in [0, 0.05) is 11.8 Å². The second-order valence-electron chi connectivity index (χ2n) is 4.57. The van der Waals surface area contributed by atoms with Gasteiger partial charge in [0.15, 0.2) is 5.11 Å². The molecule has 7 nitrogen and oxygen atoms in total. The van der Waals surface area contributed by atoms with Crippen molar-refractivity contribution in [3.8, 4) is 11.5 Å². The van der Waals surface area contributed by atoms with Gasteiger partial charge in [0.1, 0.15) is 11.5 Å². The van der Waals surface area contributed by atoms with Crippen molar-refractivity contribution in [2.24, 2.45) is 0 Å². The topological polar surface area (TPSA) is 85.7 Å². The van der Waals surface area contributed by atoms with E-state index in [-0.39, 0.29) is 10.8 Å². The zero-order chi connectivity index (χ0) is 17.7. The number of thiocarbonyl (C=S) groups is 1. The number of halogens is 1. The van der Waals surface area contributed by atoms with Crippen molar-refractivity contribution in [2.45, 2.75) is 0 Å². The zero-order valence-corrected chi connectivity index (χ0v) is 14.4. The molecule has 126 valence electrons. The molecule has 2 aromatic rings. The van der Waals surface area contributed by atoms with Gasteiger partial charge in [-0.3, -0.25) is 10.1 Å². The maximum absolute atomic E-state index is 10.8. The highest BCUT2D eigenvalue weighted by Gasteiger charge is 2.12. The summed E-state index contributed by atoms with van der Waals surface area (Å²) in [4.78, 5) is 10.3. The number of benzene rings is 2. The quantitative estimate of drug-likeness (QED) is 0.468. The molecule has 0 fully saturated rings. The predicted molar refractivity (Wildman–Crippen MR) is 97.5 cm³/mol. The number of nitrogens with one attached hydrogen (secondary N) is 2. The van der Waals surface area contributed by atoms with Gasteiger partial charge in [-0.1, -0.05) is 11.6 Å². The van der Waals surface area contributed by atoms with Crippen LogP contribution in [0, 0.1) is 10.1 Å². The summed E-state index contributed by atoms with van der Waals surface area (Å²) in [5.41, 5.74) is 1.10. The van der Waals surface area contributed by atoms with Gasteiger partial charge in [0.2, 0.25) is 0 Å². The van der Waals surface area contributed by atoms with Crippen LogP contribution in [0.1, 0.15) is 0 Å². The van der Waals surface area contributed by atoms with Crippen LogP contribution in [0.2, 0.25) is 5.02 Å². The first-order valence-corrected chi connectivity index (χ1v) is 7.47. The van der Waals surface area contributed by atoms with Gasteiger partial charge in [-0.25, -0.2) is 0 Å². The average molecular weight is 368 g/mol. The minimum absolute atomic E-state index is 0.0711. The van der Waals surface area contributed by atoms with Crippen molar-refractivity contribution < 1.29 is 14.4 Å². The van der Waals surface area contributed by atoms with Crippen LogP contribution < -0.4 is 20.1 Å². The summed E-state index contributed by atoms with van der Waals surface area (Å²) in [5, 5.41) is 17.4. The van der Waals surface area contributed by atoms with Crippen LogP contribution >= 0.6 is 23.8 Å². The van der Waals surface area contributed by atoms with Crippen molar-refractivity contribution in [3.05, 3.63) is 51.5 Å². The lowest BCUT2D eigenvalue weighted by atomic mass is 10.2. The van der Waals surface area contributed by atoms with E-state index in [9.17, 15) is 10.1 Å². The molecule has 0 atom stereocenters. The lowest BCUT2D eigenvalue weighted by Crippen LogP contribution is -2.19. The monoisotopic (exact) mass is 367 g/mol. The first-order chi connectivity index (χ1) is 11.4. The lowest BCUT2D eigenvalue weighted by Gasteiger charge is -2.14. The van der Waals surface area contributed by atoms with E-state index >= 15 is 0 Å². The molecule has 0 bridgehead atoms. The van der Waals surface area contributed by atoms with E-state index in [1.54, 1.807) is 18.2 Å². The van der Waals surface area contributed by atoms with Crippen molar-refractivity contribution >= 4 is 46.0 Å². The highest BCUT2D eigenvalue weighted by molar-refractivity contribution is 7.80. The Labute approximate surface area is 148 Å². The summed E-state index contributed by atoms with van der Waals surface area (Å²) < 4.78 is 10.2. The Morgan fingerprint density at radius 2 is 1.83 bits per heavy atom. The summed E-state index contributed by atoms with van der Waals surface area (Å²) in [7, 11) is 2.95. The van der Waals surface area contributed by atoms with Gasteiger partial charge in [0.05, 0.1) is 35.9 Å². The number of non-ortho nitro benzene ring substituents is 1. The fraction of sp³-hybridized carbons (Fsp3) is 0.133. The van der Waals surface area contributed by atoms with Gasteiger partial charge in [-0.15, -0.1) is 0 Å². The molecule has 2 aromatic carbocycles. The van der Waals surface area contributed by atoms with Crippen LogP contribution in [0.5, 0.6) is 11.5 Å². The van der Waals surface area contributed by atoms with Crippen LogP contribution in [0.15, 0.2) is 36.4 Å². The van der Waals surface area contributed by atoms with Crippen LogP contribution in [0.25, 0.3) is 0 Å². The Morgan fingerprint density at radius 3 is 2.42 bits per heavy atom. The lowest BCUT2D eigenvalue weighted by molar-refractivity contribution is -0.384. The Kier molecular flexibility index (Phi) is 5.78. The van der Waals surface area contributed by atoms with Crippen molar-refractivity contribution in [1.82, 2.24) is 0 Å². The molecule has 0 saturated carbocycles. The first-order valence-electron chi connectivity index (χ1n) is 6.68. The maximum Gasteiger partial charge on any atom is 0.273 e. The molecule has 24 heavy (non-hydrogen) atoms. The summed E-state index contributed by atoms with van der Waals surface area (Å²) in [6, 6.07) is 9.33. The molecule has 0 aromatic heterocycles. The van der Waals surface area contributed by atoms with Crippen LogP contribution in [-0.2, 0) is 0 Å². The third-order valence-electron chi connectivity index (χ3n) is 3.05. The third-order valence-corrected chi connectivity index (χ3v) is 3.55. The highest BCUT2D eigenvalue weighted by Crippen LogP contribution is 2.30. The van der Waals surface area contributed by atoms with Crippen LogP contribution in [-0.4, -0.2) is 24.3 Å². The van der Waals surface area contributed by atoms with E-state index in [0.29, 0.717) is 27.9 Å². The van der Waals surface area contributed by atoms with Crippen molar-refractivity contribution in [1.29, 1.82) is 0 Å². The Hall–Kier alpha value is -2.58. The third kappa shape index (κ3) is 4.24. The average Bonchev–Trinajstić information content (AvgIpc) is 2.55. The normalized spacial score (nSPS) is 9.96. The highest BCUT2D eigenvalue weighted by atomic mass is 35.5. The van der Waals surface area contributed by atoms with Gasteiger partial charge in [-0.05, 0) is 36.5 Å². The van der Waals surface area contributed by atoms with Gasteiger partial charge < -0.3 is 20.1 Å². The van der Waals surface area contributed by atoms with Crippen LogP contribution in [0.3, 0.4) is 0 Å². The molecule has 0 saturated heterocycles. The Bertz CT molecular complexity index is 785. The second kappa shape index (κ2) is 7.80. The molecular weight excluding hydrogens is 354 g/mol. The van der Waals surface area contributed by atoms with Gasteiger partial charge in [-0.2, -0.15) is 0 Å². The SMILES string of the molecule is COc1ccc(NC(=S)Nc2ccc([N+](=O)[O-])cc2OC)cc1Cl. The summed E-state index contributed by atoms with van der Waals surface area (Å²) in [6.07, 6.45) is 0. The molecule has 0 radical (unpaired) electrons. The van der Waals surface area contributed by atoms with Crippen LogP contribution in [0.4, 0.5) is 17.1 Å². The molecule has 0 amide bonds. The minimum atomic E-state index is -0.498. The fourth-order valence-electron chi connectivity index (χ4n) is 1.93. The van der Waals surface area contributed by atoms with E-state index < -0.39 is 4.92 Å². The summed E-state index contributed by atoms with van der Waals surface area (Å²) in [6.45, 7) is 0. The molecule has 0 unspecified atom stereocenters. The molecule has 9 heteroatoms. The number of nitro groups is 1. The van der Waals surface area contributed by atoms with Gasteiger partial charge in [0.25, 0.3) is 5.69 Å². The van der Waals surface area contributed by atoms with E-state index in [2.05, 4.69) is 10.6 Å². The Morgan fingerprint density at radius 1 is 1.12 bits per heavy atom. The molecule has 2 rings (SSSR count). The zero-order valence-electron chi connectivity index (χ0n) is 12.8. The number of hydrogen-bond acceptors (Lipinski definition) is 5. The molecule has 0 aliphatic carbocycles. The minimum Gasteiger partial charge on any atom is -0.495 e. The number of nitro benzene ring substituents is 1. The number of methoxy groups -OCH3 is 2. The molecule has 0 aliphatic rings. The van der Waals surface area contributed by atoms with E-state index in [1.807, 2.05) is 0 Å². The number of anilines is 2. The standard InChI is InChI=1S/C15H14ClN3O4S/c1-22-13-6-3-9(7-11(13)16)17-15(24)18-12-5-4-10(19(20)21)8-14(12)23-2/h3-8H,1-2H3,(H2,17,18,24). The van der Waals surface area contributed by atoms with Gasteiger partial charge >= 0.3 is 0 Å². The molecule has 0 heterocycles. The van der Waals surface area contributed by atoms with Crippen molar-refractivity contribution in [2.75, 3.05) is 24.9 Å². The van der Waals surface area contributed by atoms with E-state index in [4.69, 9.17) is 33.3 Å². The fourth-order valence-corrected chi connectivity index (χ4v) is 2.41. The summed E-state index contributed by atoms with van der Waals surface area (Å²) >= 11 is 11.3. The largest absolute Gasteiger partial charge is 0.495 e. The number of hydrogen-bond donors (Lipinski definition) is 2. The Balaban J connectivity index is 2.12. The first kappa shape index (κ1) is 17.8. The number of nitrogens with zero attached hydrogens (tertiary/aromatic N) is 1. The molecule has 0 aliphatic heterocycles. The van der Waals surface area contributed by atoms with Crippen molar-refractivity contribution in [3.63, 3.8) is 0 Å². The predicted octanol–water partition coefficient (Wildman–Crippen LogP) is 4.07. The smallest absolute Gasteiger partial charge is 0.273 e. The second-order valence-corrected chi connectivity index (χ2v) is 5.39. The maximum atomic E-state index is 10.8. The summed E-state index contributed by atoms with van der Waals surface area (Å²) in [5.74, 6) is 0.860. The molecular formula is C15H14ClN3O4S. The molecule has 0 spiro atoms. The van der Waals surface area contributed by atoms with E-state index in [0.717, 1.165) is 0 Å². The number of ether oxygens (including phenoxy) is 2.